The van der Waals surface area contributed by atoms with Crippen LogP contribution in [0.3, 0.4) is 0 Å². The molecule has 0 unspecified atom stereocenters. The number of aromatic nitrogens is 6. The van der Waals surface area contributed by atoms with Crippen LogP contribution in [-0.4, -0.2) is 29.7 Å². The molecule has 0 saturated carbocycles. The number of pyridine rings is 2. The lowest BCUT2D eigenvalue weighted by molar-refractivity contribution is 1.06. The molecule has 4 aromatic heterocycles. The lowest BCUT2D eigenvalue weighted by Gasteiger charge is -2.04. The molecular formula is C14H9N6. The SMILES string of the molecule is [c]1cnc2c(c1)ccn2-c1ccc(-c2ncn[nH]2)nc1. The maximum Gasteiger partial charge on any atom is 0.174 e. The zero-order chi connectivity index (χ0) is 13.4. The van der Waals surface area contributed by atoms with E-state index in [9.17, 15) is 0 Å². The summed E-state index contributed by atoms with van der Waals surface area (Å²) in [5, 5.41) is 7.66. The second-order valence-electron chi connectivity index (χ2n) is 4.27. The largest absolute Gasteiger partial charge is 0.300 e. The lowest BCUT2D eigenvalue weighted by atomic mass is 10.3. The Bertz CT molecular complexity index is 845. The fourth-order valence-corrected chi connectivity index (χ4v) is 2.12. The molecule has 0 bridgehead atoms. The van der Waals surface area contributed by atoms with Crippen molar-refractivity contribution in [2.24, 2.45) is 0 Å². The van der Waals surface area contributed by atoms with Gasteiger partial charge in [0, 0.05) is 23.8 Å². The molecule has 0 spiro atoms. The highest BCUT2D eigenvalue weighted by molar-refractivity contribution is 5.77. The minimum Gasteiger partial charge on any atom is -0.300 e. The summed E-state index contributed by atoms with van der Waals surface area (Å²) in [6.07, 6.45) is 6.88. The van der Waals surface area contributed by atoms with E-state index >= 15 is 0 Å². The molecule has 4 aromatic rings. The summed E-state index contributed by atoms with van der Waals surface area (Å²) < 4.78 is 1.99. The van der Waals surface area contributed by atoms with Crippen LogP contribution < -0.4 is 0 Å². The zero-order valence-electron chi connectivity index (χ0n) is 10.4. The Hall–Kier alpha value is -3.02. The van der Waals surface area contributed by atoms with Gasteiger partial charge in [-0.05, 0) is 24.3 Å². The van der Waals surface area contributed by atoms with Gasteiger partial charge < -0.3 is 0 Å². The first-order valence-corrected chi connectivity index (χ1v) is 6.07. The summed E-state index contributed by atoms with van der Waals surface area (Å²) in [7, 11) is 0. The van der Waals surface area contributed by atoms with Gasteiger partial charge in [0.1, 0.15) is 17.7 Å². The topological polar surface area (TPSA) is 72.3 Å². The highest BCUT2D eigenvalue weighted by Gasteiger charge is 2.06. The van der Waals surface area contributed by atoms with Gasteiger partial charge in [-0.3, -0.25) is 14.6 Å². The molecule has 1 N–H and O–H groups in total. The maximum atomic E-state index is 4.39. The first-order chi connectivity index (χ1) is 9.92. The van der Waals surface area contributed by atoms with E-state index in [4.69, 9.17) is 0 Å². The normalized spacial score (nSPS) is 11.0. The van der Waals surface area contributed by atoms with Gasteiger partial charge in [-0.2, -0.15) is 5.10 Å². The first kappa shape index (κ1) is 10.9. The monoisotopic (exact) mass is 261 g/mol. The second kappa shape index (κ2) is 4.27. The average molecular weight is 261 g/mol. The van der Waals surface area contributed by atoms with E-state index in [0.29, 0.717) is 5.82 Å². The number of H-pyrrole nitrogens is 1. The van der Waals surface area contributed by atoms with E-state index in [0.717, 1.165) is 22.4 Å². The van der Waals surface area contributed by atoms with Crippen molar-refractivity contribution in [1.29, 1.82) is 0 Å². The van der Waals surface area contributed by atoms with Crippen LogP contribution in [0.5, 0.6) is 0 Å². The number of fused-ring (bicyclic) bond motifs is 1. The molecule has 0 amide bonds. The number of hydrogen-bond acceptors (Lipinski definition) is 4. The van der Waals surface area contributed by atoms with Crippen LogP contribution >= 0.6 is 0 Å². The van der Waals surface area contributed by atoms with Crippen molar-refractivity contribution in [2.45, 2.75) is 0 Å². The van der Waals surface area contributed by atoms with Gasteiger partial charge in [0.25, 0.3) is 0 Å². The number of nitrogens with one attached hydrogen (secondary N) is 1. The minimum absolute atomic E-state index is 0.654. The van der Waals surface area contributed by atoms with E-state index in [-0.39, 0.29) is 0 Å². The molecule has 6 heteroatoms. The third kappa shape index (κ3) is 1.66. The molecule has 0 aromatic carbocycles. The molecule has 0 aliphatic heterocycles. The van der Waals surface area contributed by atoms with Crippen molar-refractivity contribution in [3.05, 3.63) is 55.2 Å². The fourth-order valence-electron chi connectivity index (χ4n) is 2.12. The van der Waals surface area contributed by atoms with E-state index in [1.807, 2.05) is 35.0 Å². The summed E-state index contributed by atoms with van der Waals surface area (Å²) in [6, 6.07) is 10.8. The smallest absolute Gasteiger partial charge is 0.174 e. The fraction of sp³-hybridized carbons (Fsp3) is 0. The van der Waals surface area contributed by atoms with E-state index in [1.165, 1.54) is 6.33 Å². The van der Waals surface area contributed by atoms with Gasteiger partial charge >= 0.3 is 0 Å². The summed E-state index contributed by atoms with van der Waals surface area (Å²) in [5.41, 5.74) is 2.59. The molecular weight excluding hydrogens is 252 g/mol. The highest BCUT2D eigenvalue weighted by atomic mass is 15.2. The van der Waals surface area contributed by atoms with Crippen molar-refractivity contribution in [3.8, 4) is 17.2 Å². The van der Waals surface area contributed by atoms with Crippen LogP contribution in [0.15, 0.2) is 49.2 Å². The molecule has 0 saturated heterocycles. The Balaban J connectivity index is 1.79. The molecule has 1 radical (unpaired) electrons. The summed E-state index contributed by atoms with van der Waals surface area (Å²) in [5.74, 6) is 0.654. The van der Waals surface area contributed by atoms with Gasteiger partial charge in [-0.15, -0.1) is 0 Å². The number of aromatic amines is 1. The summed E-state index contributed by atoms with van der Waals surface area (Å²) in [6.45, 7) is 0. The molecule has 20 heavy (non-hydrogen) atoms. The quantitative estimate of drug-likeness (QED) is 0.599. The summed E-state index contributed by atoms with van der Waals surface area (Å²) >= 11 is 0. The molecule has 4 rings (SSSR count). The second-order valence-corrected chi connectivity index (χ2v) is 4.27. The standard InChI is InChI=1S/C14H9N6/c1-2-10-5-7-20(14(10)15-6-1)11-3-4-12(16-8-11)13-17-9-18-19-13/h2-9H,(H,17,18,19). The van der Waals surface area contributed by atoms with Crippen molar-refractivity contribution in [1.82, 2.24) is 29.7 Å². The highest BCUT2D eigenvalue weighted by Crippen LogP contribution is 2.19. The molecule has 0 aliphatic carbocycles. The molecule has 6 nitrogen and oxygen atoms in total. The van der Waals surface area contributed by atoms with Gasteiger partial charge in [-0.1, -0.05) is 0 Å². The molecule has 4 heterocycles. The molecule has 0 fully saturated rings. The van der Waals surface area contributed by atoms with Crippen LogP contribution in [0.2, 0.25) is 0 Å². The van der Waals surface area contributed by atoms with Gasteiger partial charge in [0.15, 0.2) is 5.82 Å². The van der Waals surface area contributed by atoms with E-state index in [2.05, 4.69) is 31.2 Å². The third-order valence-electron chi connectivity index (χ3n) is 3.07. The first-order valence-electron chi connectivity index (χ1n) is 6.07. The maximum absolute atomic E-state index is 4.39. The van der Waals surface area contributed by atoms with E-state index < -0.39 is 0 Å². The Morgan fingerprint density at radius 3 is 2.90 bits per heavy atom. The Kier molecular flexibility index (Phi) is 2.32. The predicted octanol–water partition coefficient (Wildman–Crippen LogP) is 2.01. The number of rotatable bonds is 2. The third-order valence-corrected chi connectivity index (χ3v) is 3.07. The average Bonchev–Trinajstić information content (AvgIpc) is 3.17. The minimum atomic E-state index is 0.654. The van der Waals surface area contributed by atoms with Crippen LogP contribution in [0.1, 0.15) is 0 Å². The number of hydrogen-bond donors (Lipinski definition) is 1. The Morgan fingerprint density at radius 1 is 1.10 bits per heavy atom. The van der Waals surface area contributed by atoms with Crippen molar-refractivity contribution < 1.29 is 0 Å². The van der Waals surface area contributed by atoms with Crippen molar-refractivity contribution in [3.63, 3.8) is 0 Å². The van der Waals surface area contributed by atoms with Crippen molar-refractivity contribution >= 4 is 11.0 Å². The number of nitrogens with zero attached hydrogens (tertiary/aromatic N) is 5. The van der Waals surface area contributed by atoms with Crippen LogP contribution in [0, 0.1) is 6.07 Å². The lowest BCUT2D eigenvalue weighted by Crippen LogP contribution is -1.95. The van der Waals surface area contributed by atoms with Crippen LogP contribution in [-0.2, 0) is 0 Å². The molecule has 0 aliphatic rings. The zero-order valence-corrected chi connectivity index (χ0v) is 10.4. The van der Waals surface area contributed by atoms with Crippen LogP contribution in [0.4, 0.5) is 0 Å². The van der Waals surface area contributed by atoms with Gasteiger partial charge in [-0.25, -0.2) is 9.97 Å². The van der Waals surface area contributed by atoms with Crippen LogP contribution in [0.25, 0.3) is 28.2 Å². The van der Waals surface area contributed by atoms with Gasteiger partial charge in [0.2, 0.25) is 0 Å². The summed E-state index contributed by atoms with van der Waals surface area (Å²) in [4.78, 5) is 12.8. The van der Waals surface area contributed by atoms with Crippen molar-refractivity contribution in [2.75, 3.05) is 0 Å². The Labute approximate surface area is 114 Å². The van der Waals surface area contributed by atoms with Gasteiger partial charge in [0.05, 0.1) is 11.9 Å². The van der Waals surface area contributed by atoms with E-state index in [1.54, 1.807) is 12.4 Å². The Morgan fingerprint density at radius 2 is 2.10 bits per heavy atom. The predicted molar refractivity (Wildman–Crippen MR) is 73.1 cm³/mol. The molecule has 95 valence electrons. The molecule has 0 atom stereocenters.